The van der Waals surface area contributed by atoms with Crippen molar-refractivity contribution in [2.75, 3.05) is 38.9 Å². The highest BCUT2D eigenvalue weighted by molar-refractivity contribution is 5.98. The minimum Gasteiger partial charge on any atom is -0.472 e. The minimum absolute atomic E-state index is 0.112. The van der Waals surface area contributed by atoms with Gasteiger partial charge >= 0.3 is 6.03 Å². The molecule has 210 valence electrons. The summed E-state index contributed by atoms with van der Waals surface area (Å²) in [4.78, 5) is 34.2. The number of rotatable bonds is 6. The van der Waals surface area contributed by atoms with Crippen molar-refractivity contribution in [2.24, 2.45) is 5.92 Å². The van der Waals surface area contributed by atoms with Gasteiger partial charge in [-0.1, -0.05) is 19.1 Å². The summed E-state index contributed by atoms with van der Waals surface area (Å²) in [7, 11) is 1.65. The summed E-state index contributed by atoms with van der Waals surface area (Å²) in [6.07, 6.45) is 1.00. The number of aliphatic hydroxyl groups is 1. The Labute approximate surface area is 231 Å². The number of fused-ring (bicyclic) bond motifs is 2. The van der Waals surface area contributed by atoms with Crippen LogP contribution >= 0.6 is 0 Å². The maximum atomic E-state index is 13.9. The van der Waals surface area contributed by atoms with E-state index in [9.17, 15) is 19.1 Å². The number of aliphatic hydroxyl groups excluding tert-OH is 1. The smallest absolute Gasteiger partial charge is 0.321 e. The van der Waals surface area contributed by atoms with E-state index < -0.39 is 18.0 Å². The number of ether oxygens (including phenoxy) is 3. The lowest BCUT2D eigenvalue weighted by Crippen LogP contribution is -2.50. The van der Waals surface area contributed by atoms with Gasteiger partial charge in [0.1, 0.15) is 17.5 Å². The average molecular weight is 551 g/mol. The predicted octanol–water partition coefficient (Wildman–Crippen LogP) is 4.00. The van der Waals surface area contributed by atoms with Crippen molar-refractivity contribution in [2.45, 2.75) is 26.0 Å². The van der Waals surface area contributed by atoms with Gasteiger partial charge in [0.05, 0.1) is 19.2 Å². The second kappa shape index (κ2) is 11.4. The third kappa shape index (κ3) is 5.64. The van der Waals surface area contributed by atoms with Gasteiger partial charge in [0.25, 0.3) is 5.91 Å². The molecular formula is C29H31FN4O6. The second-order valence-electron chi connectivity index (χ2n) is 10.1. The van der Waals surface area contributed by atoms with Gasteiger partial charge in [-0.25, -0.2) is 14.2 Å². The van der Waals surface area contributed by atoms with Crippen LogP contribution in [0.15, 0.2) is 54.7 Å². The van der Waals surface area contributed by atoms with Crippen molar-refractivity contribution in [3.8, 4) is 28.5 Å². The molecule has 11 heteroatoms. The molecule has 40 heavy (non-hydrogen) atoms. The van der Waals surface area contributed by atoms with E-state index in [1.54, 1.807) is 55.3 Å². The van der Waals surface area contributed by atoms with Crippen LogP contribution in [0, 0.1) is 11.7 Å². The molecule has 0 unspecified atom stereocenters. The van der Waals surface area contributed by atoms with E-state index >= 15 is 0 Å². The zero-order chi connectivity index (χ0) is 28.4. The molecule has 0 bridgehead atoms. The first-order valence-electron chi connectivity index (χ1n) is 13.0. The lowest BCUT2D eigenvalue weighted by atomic mass is 9.99. The summed E-state index contributed by atoms with van der Waals surface area (Å²) < 4.78 is 30.9. The standard InChI is InChI=1S/C29H31FN4O6/c1-17-13-34(18(2)15-35)28(36)23-10-20(19-5-4-6-21(30)9-19)12-31-27(23)40-26(17)14-33(3)29(37)32-22-7-8-24-25(11-22)39-16-38-24/h4-12,17-18,26,35H,13-16H2,1-3H3,(H,32,37)/t17-,18+,26-/m0/s1. The number of pyridine rings is 1. The maximum Gasteiger partial charge on any atom is 0.321 e. The molecule has 3 heterocycles. The monoisotopic (exact) mass is 550 g/mol. The van der Waals surface area contributed by atoms with Crippen LogP contribution < -0.4 is 19.5 Å². The van der Waals surface area contributed by atoms with E-state index in [1.807, 2.05) is 6.92 Å². The van der Waals surface area contributed by atoms with Crippen molar-refractivity contribution in [1.29, 1.82) is 0 Å². The van der Waals surface area contributed by atoms with E-state index in [0.717, 1.165) is 0 Å². The Balaban J connectivity index is 1.39. The third-order valence-corrected chi connectivity index (χ3v) is 7.10. The fourth-order valence-electron chi connectivity index (χ4n) is 4.69. The van der Waals surface area contributed by atoms with Crippen LogP contribution in [0.25, 0.3) is 11.1 Å². The topological polar surface area (TPSA) is 113 Å². The van der Waals surface area contributed by atoms with Crippen molar-refractivity contribution < 1.29 is 33.3 Å². The van der Waals surface area contributed by atoms with Crippen molar-refractivity contribution in [1.82, 2.24) is 14.8 Å². The van der Waals surface area contributed by atoms with Crippen LogP contribution in [-0.2, 0) is 0 Å². The predicted molar refractivity (Wildman–Crippen MR) is 145 cm³/mol. The summed E-state index contributed by atoms with van der Waals surface area (Å²) in [6.45, 7) is 4.07. The second-order valence-corrected chi connectivity index (χ2v) is 10.1. The zero-order valence-corrected chi connectivity index (χ0v) is 22.5. The number of carbonyl (C=O) groups is 2. The number of amides is 3. The molecule has 0 fully saturated rings. The van der Waals surface area contributed by atoms with Gasteiger partial charge in [0.15, 0.2) is 11.5 Å². The van der Waals surface area contributed by atoms with Crippen molar-refractivity contribution in [3.05, 3.63) is 66.1 Å². The number of hydrogen-bond donors (Lipinski definition) is 2. The SMILES string of the molecule is C[C@H](CO)N1C[C@H](C)[C@H](CN(C)C(=O)Nc2ccc3c(c2)OCO3)Oc2ncc(-c3cccc(F)c3)cc2C1=O. The van der Waals surface area contributed by atoms with Crippen LogP contribution in [0.1, 0.15) is 24.2 Å². The molecule has 0 saturated carbocycles. The lowest BCUT2D eigenvalue weighted by Gasteiger charge is -2.37. The molecule has 3 aromatic rings. The quantitative estimate of drug-likeness (QED) is 0.477. The molecule has 10 nitrogen and oxygen atoms in total. The van der Waals surface area contributed by atoms with Crippen LogP contribution in [0.2, 0.25) is 0 Å². The Morgan fingerprint density at radius 1 is 1.20 bits per heavy atom. The van der Waals surface area contributed by atoms with E-state index in [-0.39, 0.29) is 55.8 Å². The molecule has 3 atom stereocenters. The van der Waals surface area contributed by atoms with Gasteiger partial charge < -0.3 is 34.4 Å². The van der Waals surface area contributed by atoms with Gasteiger partial charge in [0, 0.05) is 43.0 Å². The zero-order valence-electron chi connectivity index (χ0n) is 22.5. The molecule has 2 aliphatic heterocycles. The summed E-state index contributed by atoms with van der Waals surface area (Å²) in [5.74, 6) is 0.323. The molecule has 2 aromatic carbocycles. The number of carbonyl (C=O) groups excluding carboxylic acids is 2. The number of nitrogens with one attached hydrogen (secondary N) is 1. The highest BCUT2D eigenvalue weighted by Crippen LogP contribution is 2.34. The number of hydrogen-bond acceptors (Lipinski definition) is 7. The molecule has 3 amide bonds. The molecule has 0 saturated heterocycles. The molecule has 1 aromatic heterocycles. The van der Waals surface area contributed by atoms with E-state index in [2.05, 4.69) is 10.3 Å². The lowest BCUT2D eigenvalue weighted by molar-refractivity contribution is 0.0356. The van der Waals surface area contributed by atoms with Gasteiger partial charge in [-0.3, -0.25) is 4.79 Å². The first-order chi connectivity index (χ1) is 19.2. The largest absolute Gasteiger partial charge is 0.472 e. The third-order valence-electron chi connectivity index (χ3n) is 7.10. The highest BCUT2D eigenvalue weighted by Gasteiger charge is 2.35. The molecule has 2 aliphatic rings. The Hall–Kier alpha value is -4.38. The fraction of sp³-hybridized carbons (Fsp3) is 0.345. The molecule has 0 radical (unpaired) electrons. The van der Waals surface area contributed by atoms with Crippen LogP contribution in [0.5, 0.6) is 17.4 Å². The molecule has 0 spiro atoms. The number of anilines is 1. The Kier molecular flexibility index (Phi) is 7.74. The van der Waals surface area contributed by atoms with E-state index in [4.69, 9.17) is 14.2 Å². The van der Waals surface area contributed by atoms with Crippen molar-refractivity contribution in [3.63, 3.8) is 0 Å². The summed E-state index contributed by atoms with van der Waals surface area (Å²) in [5.41, 5.74) is 1.87. The van der Waals surface area contributed by atoms with Crippen LogP contribution in [0.4, 0.5) is 14.9 Å². The first kappa shape index (κ1) is 27.2. The van der Waals surface area contributed by atoms with Gasteiger partial charge in [-0.05, 0) is 42.8 Å². The first-order valence-corrected chi connectivity index (χ1v) is 13.0. The van der Waals surface area contributed by atoms with Crippen LogP contribution in [-0.4, -0.2) is 77.5 Å². The number of urea groups is 1. The number of nitrogens with zero attached hydrogens (tertiary/aromatic N) is 3. The molecule has 0 aliphatic carbocycles. The maximum absolute atomic E-state index is 13.9. The molecule has 5 rings (SSSR count). The number of likely N-dealkylation sites (N-methyl/N-ethyl adjacent to an activating group) is 1. The number of halogens is 1. The Bertz CT molecular complexity index is 1420. The van der Waals surface area contributed by atoms with Gasteiger partial charge in [-0.2, -0.15) is 0 Å². The molecule has 2 N–H and O–H groups in total. The average Bonchev–Trinajstić information content (AvgIpc) is 3.42. The summed E-state index contributed by atoms with van der Waals surface area (Å²) in [6, 6.07) is 12.0. The number of benzene rings is 2. The number of aromatic nitrogens is 1. The van der Waals surface area contributed by atoms with E-state index in [0.29, 0.717) is 28.3 Å². The normalized spacial score (nSPS) is 18.7. The van der Waals surface area contributed by atoms with Crippen LogP contribution in [0.3, 0.4) is 0 Å². The summed E-state index contributed by atoms with van der Waals surface area (Å²) in [5, 5.41) is 12.7. The van der Waals surface area contributed by atoms with Gasteiger partial charge in [-0.15, -0.1) is 0 Å². The summed E-state index contributed by atoms with van der Waals surface area (Å²) >= 11 is 0. The van der Waals surface area contributed by atoms with Crippen molar-refractivity contribution >= 4 is 17.6 Å². The fourth-order valence-corrected chi connectivity index (χ4v) is 4.69. The molecular weight excluding hydrogens is 519 g/mol. The van der Waals surface area contributed by atoms with Gasteiger partial charge in [0.2, 0.25) is 12.7 Å². The minimum atomic E-state index is -0.528. The Morgan fingerprint density at radius 3 is 2.77 bits per heavy atom. The highest BCUT2D eigenvalue weighted by atomic mass is 19.1. The Morgan fingerprint density at radius 2 is 2.00 bits per heavy atom. The van der Waals surface area contributed by atoms with E-state index in [1.165, 1.54) is 23.2 Å².